The summed E-state index contributed by atoms with van der Waals surface area (Å²) in [6.07, 6.45) is 2.43. The van der Waals surface area contributed by atoms with Gasteiger partial charge in [-0.1, -0.05) is 42.1 Å². The summed E-state index contributed by atoms with van der Waals surface area (Å²) in [5.41, 5.74) is 2.15. The minimum absolute atomic E-state index is 0.126. The highest BCUT2D eigenvalue weighted by Crippen LogP contribution is 2.32. The second-order valence-electron chi connectivity index (χ2n) is 5.53. The monoisotopic (exact) mass is 359 g/mol. The number of rotatable bonds is 6. The Hall–Kier alpha value is -3.10. The SMILES string of the molecule is N#Cc1ccccc1Sc1ccccc1C(=O)NCCc1ccccn1. The summed E-state index contributed by atoms with van der Waals surface area (Å²) in [4.78, 5) is 18.5. The van der Waals surface area contributed by atoms with Gasteiger partial charge in [0.25, 0.3) is 5.91 Å². The van der Waals surface area contributed by atoms with E-state index < -0.39 is 0 Å². The van der Waals surface area contributed by atoms with E-state index in [9.17, 15) is 10.1 Å². The molecule has 0 aliphatic rings. The molecule has 0 aliphatic carbocycles. The number of pyridine rings is 1. The van der Waals surface area contributed by atoms with Crippen molar-refractivity contribution in [3.05, 3.63) is 89.7 Å². The van der Waals surface area contributed by atoms with Crippen molar-refractivity contribution in [2.75, 3.05) is 6.54 Å². The highest BCUT2D eigenvalue weighted by molar-refractivity contribution is 7.99. The maximum absolute atomic E-state index is 12.6. The second kappa shape index (κ2) is 8.84. The van der Waals surface area contributed by atoms with Crippen LogP contribution in [0.1, 0.15) is 21.6 Å². The van der Waals surface area contributed by atoms with Crippen molar-refractivity contribution < 1.29 is 4.79 Å². The number of hydrogen-bond donors (Lipinski definition) is 1. The van der Waals surface area contributed by atoms with Gasteiger partial charge >= 0.3 is 0 Å². The summed E-state index contributed by atoms with van der Waals surface area (Å²) < 4.78 is 0. The number of benzene rings is 2. The molecule has 0 atom stereocenters. The Balaban J connectivity index is 1.70. The molecule has 3 rings (SSSR count). The average Bonchev–Trinajstić information content (AvgIpc) is 2.69. The third-order valence-corrected chi connectivity index (χ3v) is 4.90. The van der Waals surface area contributed by atoms with Gasteiger partial charge in [-0.3, -0.25) is 9.78 Å². The summed E-state index contributed by atoms with van der Waals surface area (Å²) in [5.74, 6) is -0.126. The lowest BCUT2D eigenvalue weighted by Gasteiger charge is -2.10. The molecule has 1 heterocycles. The van der Waals surface area contributed by atoms with E-state index in [0.29, 0.717) is 24.1 Å². The number of carbonyl (C=O) groups is 1. The number of nitrogens with one attached hydrogen (secondary N) is 1. The molecule has 3 aromatic rings. The Morgan fingerprint density at radius 3 is 2.50 bits per heavy atom. The molecule has 128 valence electrons. The second-order valence-corrected chi connectivity index (χ2v) is 6.62. The van der Waals surface area contributed by atoms with Crippen LogP contribution in [0.2, 0.25) is 0 Å². The molecule has 0 unspecified atom stereocenters. The molecule has 5 heteroatoms. The lowest BCUT2D eigenvalue weighted by molar-refractivity contribution is 0.0951. The Labute approximate surface area is 156 Å². The molecule has 0 saturated heterocycles. The van der Waals surface area contributed by atoms with E-state index in [1.54, 1.807) is 18.3 Å². The molecule has 1 amide bonds. The molecule has 0 aliphatic heterocycles. The predicted molar refractivity (Wildman–Crippen MR) is 102 cm³/mol. The molecule has 2 aromatic carbocycles. The standard InChI is InChI=1S/C21H17N3OS/c22-15-16-7-1-3-10-19(16)26-20-11-4-2-9-18(20)21(25)24-14-12-17-8-5-6-13-23-17/h1-11,13H,12,14H2,(H,24,25). The van der Waals surface area contributed by atoms with E-state index in [4.69, 9.17) is 0 Å². The molecule has 1 N–H and O–H groups in total. The fraction of sp³-hybridized carbons (Fsp3) is 0.0952. The number of aromatic nitrogens is 1. The van der Waals surface area contributed by atoms with E-state index >= 15 is 0 Å². The van der Waals surface area contributed by atoms with Gasteiger partial charge < -0.3 is 5.32 Å². The highest BCUT2D eigenvalue weighted by Gasteiger charge is 2.13. The largest absolute Gasteiger partial charge is 0.352 e. The van der Waals surface area contributed by atoms with Crippen LogP contribution in [0.4, 0.5) is 0 Å². The molecular formula is C21H17N3OS. The van der Waals surface area contributed by atoms with Crippen molar-refractivity contribution in [2.24, 2.45) is 0 Å². The van der Waals surface area contributed by atoms with Crippen molar-refractivity contribution >= 4 is 17.7 Å². The minimum atomic E-state index is -0.126. The smallest absolute Gasteiger partial charge is 0.252 e. The van der Waals surface area contributed by atoms with Crippen LogP contribution in [0.25, 0.3) is 0 Å². The third kappa shape index (κ3) is 4.50. The van der Waals surface area contributed by atoms with Crippen LogP contribution in [-0.4, -0.2) is 17.4 Å². The van der Waals surface area contributed by atoms with Crippen LogP contribution < -0.4 is 5.32 Å². The van der Waals surface area contributed by atoms with Crippen molar-refractivity contribution in [3.63, 3.8) is 0 Å². The molecule has 4 nitrogen and oxygen atoms in total. The first kappa shape index (κ1) is 17.7. The van der Waals surface area contributed by atoms with Crippen molar-refractivity contribution in [2.45, 2.75) is 16.2 Å². The molecule has 0 fully saturated rings. The van der Waals surface area contributed by atoms with E-state index in [1.165, 1.54) is 11.8 Å². The van der Waals surface area contributed by atoms with Crippen molar-refractivity contribution in [1.29, 1.82) is 5.26 Å². The van der Waals surface area contributed by atoms with Gasteiger partial charge in [-0.2, -0.15) is 5.26 Å². The Kier molecular flexibility index (Phi) is 6.02. The van der Waals surface area contributed by atoms with Crippen LogP contribution >= 0.6 is 11.8 Å². The topological polar surface area (TPSA) is 65.8 Å². The number of amides is 1. The van der Waals surface area contributed by atoms with Gasteiger partial charge in [0.05, 0.1) is 11.1 Å². The maximum Gasteiger partial charge on any atom is 0.252 e. The fourth-order valence-corrected chi connectivity index (χ4v) is 3.48. The summed E-state index contributed by atoms with van der Waals surface area (Å²) in [6.45, 7) is 0.517. The van der Waals surface area contributed by atoms with Gasteiger partial charge in [0.15, 0.2) is 0 Å². The zero-order chi connectivity index (χ0) is 18.2. The lowest BCUT2D eigenvalue weighted by Crippen LogP contribution is -2.26. The van der Waals surface area contributed by atoms with Crippen LogP contribution in [-0.2, 0) is 6.42 Å². The Morgan fingerprint density at radius 2 is 1.73 bits per heavy atom. The lowest BCUT2D eigenvalue weighted by atomic mass is 10.2. The normalized spacial score (nSPS) is 10.1. The van der Waals surface area contributed by atoms with Crippen LogP contribution in [0.5, 0.6) is 0 Å². The van der Waals surface area contributed by atoms with Crippen LogP contribution in [0.15, 0.2) is 82.7 Å². The quantitative estimate of drug-likeness (QED) is 0.720. The van der Waals surface area contributed by atoms with E-state index in [0.717, 1.165) is 15.5 Å². The first-order valence-corrected chi connectivity index (χ1v) is 9.03. The van der Waals surface area contributed by atoms with E-state index in [1.807, 2.05) is 54.6 Å². The average molecular weight is 359 g/mol. The molecule has 26 heavy (non-hydrogen) atoms. The molecule has 1 aromatic heterocycles. The van der Waals surface area contributed by atoms with Crippen LogP contribution in [0.3, 0.4) is 0 Å². The van der Waals surface area contributed by atoms with Gasteiger partial charge in [0.2, 0.25) is 0 Å². The third-order valence-electron chi connectivity index (χ3n) is 3.75. The van der Waals surface area contributed by atoms with Gasteiger partial charge in [0.1, 0.15) is 6.07 Å². The summed E-state index contributed by atoms with van der Waals surface area (Å²) >= 11 is 1.43. The summed E-state index contributed by atoms with van der Waals surface area (Å²) in [5, 5.41) is 12.2. The first-order chi connectivity index (χ1) is 12.8. The number of nitrogens with zero attached hydrogens (tertiary/aromatic N) is 2. The first-order valence-electron chi connectivity index (χ1n) is 8.22. The molecule has 0 saturated carbocycles. The van der Waals surface area contributed by atoms with Gasteiger partial charge in [-0.25, -0.2) is 0 Å². The fourth-order valence-electron chi connectivity index (χ4n) is 2.46. The highest BCUT2D eigenvalue weighted by atomic mass is 32.2. The molecule has 0 radical (unpaired) electrons. The molecule has 0 spiro atoms. The van der Waals surface area contributed by atoms with Crippen LogP contribution in [0, 0.1) is 11.3 Å². The molecule has 0 bridgehead atoms. The predicted octanol–water partition coefficient (Wildman–Crippen LogP) is 4.08. The van der Waals surface area contributed by atoms with Gasteiger partial charge in [-0.15, -0.1) is 0 Å². The van der Waals surface area contributed by atoms with Crippen molar-refractivity contribution in [3.8, 4) is 6.07 Å². The van der Waals surface area contributed by atoms with Gasteiger partial charge in [-0.05, 0) is 36.4 Å². The van der Waals surface area contributed by atoms with Gasteiger partial charge in [0, 0.05) is 34.6 Å². The summed E-state index contributed by atoms with van der Waals surface area (Å²) in [7, 11) is 0. The number of carbonyl (C=O) groups excluding carboxylic acids is 1. The Bertz CT molecular complexity index is 935. The Morgan fingerprint density at radius 1 is 1.00 bits per heavy atom. The van der Waals surface area contributed by atoms with Crippen molar-refractivity contribution in [1.82, 2.24) is 10.3 Å². The van der Waals surface area contributed by atoms with E-state index in [-0.39, 0.29) is 5.91 Å². The summed E-state index contributed by atoms with van der Waals surface area (Å²) in [6, 6.07) is 22.7. The maximum atomic E-state index is 12.6. The van der Waals surface area contributed by atoms with E-state index in [2.05, 4.69) is 16.4 Å². The minimum Gasteiger partial charge on any atom is -0.352 e. The zero-order valence-electron chi connectivity index (χ0n) is 14.1. The number of nitriles is 1. The molecular weight excluding hydrogens is 342 g/mol. The number of hydrogen-bond acceptors (Lipinski definition) is 4. The zero-order valence-corrected chi connectivity index (χ0v) is 14.9.